The van der Waals surface area contributed by atoms with Gasteiger partial charge in [-0.2, -0.15) is 0 Å². The number of likely N-dealkylation sites (tertiary alicyclic amines) is 1. The highest BCUT2D eigenvalue weighted by atomic mass is 32.2. The van der Waals surface area contributed by atoms with Crippen molar-refractivity contribution in [2.75, 3.05) is 20.1 Å². The lowest BCUT2D eigenvalue weighted by Gasteiger charge is -2.15. The molecular weight excluding hydrogens is 260 g/mol. The van der Waals surface area contributed by atoms with Crippen LogP contribution < -0.4 is 5.32 Å². The van der Waals surface area contributed by atoms with Gasteiger partial charge in [-0.25, -0.2) is 0 Å². The molecule has 0 bridgehead atoms. The van der Waals surface area contributed by atoms with Gasteiger partial charge in [0.2, 0.25) is 11.8 Å². The van der Waals surface area contributed by atoms with Crippen LogP contribution in [-0.2, 0) is 9.59 Å². The number of rotatable bonds is 9. The standard InChI is InChI=1S/C14H26N2O2S/c1-11(2)19-12-10-13(17)16(14(12)18)9-7-5-4-6-8-15-3/h11-12,15H,4-10H2,1-3H3. The molecule has 0 spiro atoms. The Labute approximate surface area is 120 Å². The molecule has 1 aliphatic heterocycles. The summed E-state index contributed by atoms with van der Waals surface area (Å²) in [5.41, 5.74) is 0. The Bertz CT molecular complexity index is 308. The van der Waals surface area contributed by atoms with Gasteiger partial charge in [-0.3, -0.25) is 14.5 Å². The number of carbonyl (C=O) groups excluding carboxylic acids is 2. The van der Waals surface area contributed by atoms with Gasteiger partial charge in [0.1, 0.15) is 0 Å². The fourth-order valence-corrected chi connectivity index (χ4v) is 3.39. The van der Waals surface area contributed by atoms with Gasteiger partial charge in [0.15, 0.2) is 0 Å². The van der Waals surface area contributed by atoms with Crippen LogP contribution in [0.3, 0.4) is 0 Å². The number of nitrogens with one attached hydrogen (secondary N) is 1. The highest BCUT2D eigenvalue weighted by Crippen LogP contribution is 2.28. The van der Waals surface area contributed by atoms with E-state index in [0.29, 0.717) is 18.2 Å². The van der Waals surface area contributed by atoms with Gasteiger partial charge in [-0.05, 0) is 31.7 Å². The molecule has 2 amide bonds. The third-order valence-electron chi connectivity index (χ3n) is 3.20. The van der Waals surface area contributed by atoms with Crippen molar-refractivity contribution in [3.05, 3.63) is 0 Å². The van der Waals surface area contributed by atoms with Gasteiger partial charge in [0, 0.05) is 13.0 Å². The summed E-state index contributed by atoms with van der Waals surface area (Å²) < 4.78 is 0. The molecule has 0 aliphatic carbocycles. The molecular formula is C14H26N2O2S. The normalized spacial score (nSPS) is 19.8. The summed E-state index contributed by atoms with van der Waals surface area (Å²) in [7, 11) is 1.95. The first-order valence-corrected chi connectivity index (χ1v) is 8.14. The molecule has 4 nitrogen and oxygen atoms in total. The zero-order valence-corrected chi connectivity index (χ0v) is 13.1. The van der Waals surface area contributed by atoms with Crippen molar-refractivity contribution in [1.29, 1.82) is 0 Å². The first-order chi connectivity index (χ1) is 9.06. The number of imide groups is 1. The number of amides is 2. The van der Waals surface area contributed by atoms with Crippen molar-refractivity contribution >= 4 is 23.6 Å². The summed E-state index contributed by atoms with van der Waals surface area (Å²) in [5.74, 6) is 0.0392. The van der Waals surface area contributed by atoms with Crippen LogP contribution in [0.2, 0.25) is 0 Å². The van der Waals surface area contributed by atoms with Gasteiger partial charge in [0.25, 0.3) is 0 Å². The molecule has 1 fully saturated rings. The Balaban J connectivity index is 2.26. The molecule has 1 saturated heterocycles. The van der Waals surface area contributed by atoms with Crippen molar-refractivity contribution in [3.8, 4) is 0 Å². The van der Waals surface area contributed by atoms with E-state index in [2.05, 4.69) is 19.2 Å². The average molecular weight is 286 g/mol. The van der Waals surface area contributed by atoms with E-state index in [1.807, 2.05) is 7.05 Å². The van der Waals surface area contributed by atoms with Crippen molar-refractivity contribution in [2.45, 2.75) is 56.5 Å². The fraction of sp³-hybridized carbons (Fsp3) is 0.857. The van der Waals surface area contributed by atoms with E-state index in [4.69, 9.17) is 0 Å². The summed E-state index contributed by atoms with van der Waals surface area (Å²) in [5, 5.41) is 3.37. The van der Waals surface area contributed by atoms with E-state index in [9.17, 15) is 9.59 Å². The highest BCUT2D eigenvalue weighted by molar-refractivity contribution is 8.01. The maximum absolute atomic E-state index is 12.1. The van der Waals surface area contributed by atoms with Crippen LogP contribution in [0.25, 0.3) is 0 Å². The van der Waals surface area contributed by atoms with Crippen molar-refractivity contribution < 1.29 is 9.59 Å². The van der Waals surface area contributed by atoms with Gasteiger partial charge in [0.05, 0.1) is 5.25 Å². The Morgan fingerprint density at radius 2 is 1.95 bits per heavy atom. The highest BCUT2D eigenvalue weighted by Gasteiger charge is 2.38. The fourth-order valence-electron chi connectivity index (χ4n) is 2.25. The van der Waals surface area contributed by atoms with Crippen LogP contribution >= 0.6 is 11.8 Å². The zero-order valence-electron chi connectivity index (χ0n) is 12.3. The molecule has 110 valence electrons. The minimum absolute atomic E-state index is 0.0124. The van der Waals surface area contributed by atoms with E-state index < -0.39 is 0 Å². The summed E-state index contributed by atoms with van der Waals surface area (Å²) >= 11 is 1.61. The van der Waals surface area contributed by atoms with Crippen molar-refractivity contribution in [2.24, 2.45) is 0 Å². The lowest BCUT2D eigenvalue weighted by molar-refractivity contribution is -0.138. The minimum Gasteiger partial charge on any atom is -0.320 e. The van der Waals surface area contributed by atoms with Crippen molar-refractivity contribution in [1.82, 2.24) is 10.2 Å². The quantitative estimate of drug-likeness (QED) is 0.520. The number of carbonyl (C=O) groups is 2. The minimum atomic E-state index is -0.142. The molecule has 0 aromatic rings. The molecule has 19 heavy (non-hydrogen) atoms. The molecule has 1 heterocycles. The van der Waals surface area contributed by atoms with E-state index in [0.717, 1.165) is 32.2 Å². The Morgan fingerprint density at radius 3 is 2.58 bits per heavy atom. The van der Waals surface area contributed by atoms with E-state index >= 15 is 0 Å². The van der Waals surface area contributed by atoms with E-state index in [1.165, 1.54) is 4.90 Å². The second-order valence-corrected chi connectivity index (χ2v) is 7.06. The second-order valence-electron chi connectivity index (χ2n) is 5.28. The summed E-state index contributed by atoms with van der Waals surface area (Å²) in [6, 6.07) is 0. The monoisotopic (exact) mass is 286 g/mol. The number of unbranched alkanes of at least 4 members (excludes halogenated alkanes) is 3. The third-order valence-corrected chi connectivity index (χ3v) is 4.44. The first kappa shape index (κ1) is 16.5. The number of nitrogens with zero attached hydrogens (tertiary/aromatic N) is 1. The van der Waals surface area contributed by atoms with Crippen LogP contribution in [0.5, 0.6) is 0 Å². The first-order valence-electron chi connectivity index (χ1n) is 7.20. The SMILES string of the molecule is CNCCCCCCN1C(=O)CC(SC(C)C)C1=O. The molecule has 1 atom stereocenters. The largest absolute Gasteiger partial charge is 0.320 e. The van der Waals surface area contributed by atoms with E-state index in [1.54, 1.807) is 11.8 Å². The molecule has 0 saturated carbocycles. The van der Waals surface area contributed by atoms with Crippen LogP contribution in [0.1, 0.15) is 46.0 Å². The van der Waals surface area contributed by atoms with Crippen LogP contribution in [0.15, 0.2) is 0 Å². The van der Waals surface area contributed by atoms with Gasteiger partial charge in [-0.1, -0.05) is 26.7 Å². The van der Waals surface area contributed by atoms with Gasteiger partial charge >= 0.3 is 0 Å². The van der Waals surface area contributed by atoms with Crippen molar-refractivity contribution in [3.63, 3.8) is 0 Å². The average Bonchev–Trinajstić information content (AvgIpc) is 2.59. The van der Waals surface area contributed by atoms with Crippen LogP contribution in [0, 0.1) is 0 Å². The molecule has 0 aromatic heterocycles. The third kappa shape index (κ3) is 5.53. The number of hydrogen-bond acceptors (Lipinski definition) is 4. The number of thioether (sulfide) groups is 1. The maximum Gasteiger partial charge on any atom is 0.242 e. The zero-order chi connectivity index (χ0) is 14.3. The smallest absolute Gasteiger partial charge is 0.242 e. The lowest BCUT2D eigenvalue weighted by atomic mass is 10.2. The summed E-state index contributed by atoms with van der Waals surface area (Å²) in [6.45, 7) is 5.76. The summed E-state index contributed by atoms with van der Waals surface area (Å²) in [6.07, 6.45) is 4.72. The Kier molecular flexibility index (Phi) is 7.46. The number of hydrogen-bond donors (Lipinski definition) is 1. The second kappa shape index (κ2) is 8.59. The topological polar surface area (TPSA) is 49.4 Å². The van der Waals surface area contributed by atoms with E-state index in [-0.39, 0.29) is 17.1 Å². The van der Waals surface area contributed by atoms with Crippen LogP contribution in [-0.4, -0.2) is 47.4 Å². The Hall–Kier alpha value is -0.550. The lowest BCUT2D eigenvalue weighted by Crippen LogP contribution is -2.32. The molecule has 0 aromatic carbocycles. The molecule has 5 heteroatoms. The maximum atomic E-state index is 12.1. The predicted octanol–water partition coefficient (Wildman–Crippen LogP) is 2.04. The summed E-state index contributed by atoms with van der Waals surface area (Å²) in [4.78, 5) is 25.4. The molecule has 1 N–H and O–H groups in total. The predicted molar refractivity (Wildman–Crippen MR) is 80.2 cm³/mol. The molecule has 1 aliphatic rings. The Morgan fingerprint density at radius 1 is 1.26 bits per heavy atom. The molecule has 1 rings (SSSR count). The van der Waals surface area contributed by atoms with Crippen LogP contribution in [0.4, 0.5) is 0 Å². The van der Waals surface area contributed by atoms with Gasteiger partial charge < -0.3 is 5.32 Å². The molecule has 0 radical (unpaired) electrons. The van der Waals surface area contributed by atoms with Gasteiger partial charge in [-0.15, -0.1) is 11.8 Å². The molecule has 1 unspecified atom stereocenters.